The Bertz CT molecular complexity index is 346. The van der Waals surface area contributed by atoms with E-state index in [0.29, 0.717) is 11.8 Å². The molecule has 94 valence electrons. The van der Waals surface area contributed by atoms with E-state index in [1.165, 1.54) is 24.8 Å². The zero-order chi connectivity index (χ0) is 12.3. The summed E-state index contributed by atoms with van der Waals surface area (Å²) >= 11 is 0. The Morgan fingerprint density at radius 3 is 2.59 bits per heavy atom. The summed E-state index contributed by atoms with van der Waals surface area (Å²) in [6.07, 6.45) is 3.84. The first-order valence-electron chi connectivity index (χ1n) is 6.60. The van der Waals surface area contributed by atoms with Crippen LogP contribution in [0.4, 0.5) is 4.39 Å². The van der Waals surface area contributed by atoms with Crippen LogP contribution in [-0.2, 0) is 0 Å². The molecule has 3 atom stereocenters. The molecule has 0 bridgehead atoms. The molecular formula is C15H22FN. The van der Waals surface area contributed by atoms with E-state index in [9.17, 15) is 4.39 Å². The molecule has 0 spiro atoms. The molecule has 2 rings (SSSR count). The molecule has 2 heteroatoms. The van der Waals surface area contributed by atoms with Gasteiger partial charge in [-0.05, 0) is 61.9 Å². The van der Waals surface area contributed by atoms with E-state index in [2.05, 4.69) is 12.2 Å². The van der Waals surface area contributed by atoms with Crippen molar-refractivity contribution in [1.29, 1.82) is 0 Å². The van der Waals surface area contributed by atoms with E-state index < -0.39 is 0 Å². The minimum atomic E-state index is -0.136. The third-order valence-corrected chi connectivity index (χ3v) is 4.02. The van der Waals surface area contributed by atoms with E-state index in [1.807, 2.05) is 19.2 Å². The first kappa shape index (κ1) is 12.6. The summed E-state index contributed by atoms with van der Waals surface area (Å²) in [7, 11) is 2.01. The third kappa shape index (κ3) is 3.06. The predicted molar refractivity (Wildman–Crippen MR) is 69.6 cm³/mol. The highest BCUT2D eigenvalue weighted by molar-refractivity contribution is 5.22. The van der Waals surface area contributed by atoms with Crippen LogP contribution >= 0.6 is 0 Å². The molecule has 0 aliphatic heterocycles. The van der Waals surface area contributed by atoms with Gasteiger partial charge in [0.05, 0.1) is 0 Å². The molecule has 1 aliphatic carbocycles. The van der Waals surface area contributed by atoms with Gasteiger partial charge in [-0.2, -0.15) is 0 Å². The summed E-state index contributed by atoms with van der Waals surface area (Å²) in [5.74, 6) is 1.94. The van der Waals surface area contributed by atoms with Crippen molar-refractivity contribution in [1.82, 2.24) is 5.32 Å². The van der Waals surface area contributed by atoms with E-state index >= 15 is 0 Å². The number of halogens is 1. The number of benzene rings is 1. The van der Waals surface area contributed by atoms with Gasteiger partial charge in [0.2, 0.25) is 0 Å². The van der Waals surface area contributed by atoms with Crippen LogP contribution in [0.1, 0.15) is 37.7 Å². The number of nitrogens with one attached hydrogen (secondary N) is 1. The summed E-state index contributed by atoms with van der Waals surface area (Å²) in [5, 5.41) is 3.29. The lowest BCUT2D eigenvalue weighted by molar-refractivity contribution is 0.245. The molecule has 1 aliphatic rings. The fourth-order valence-electron chi connectivity index (χ4n) is 3.07. The number of rotatable bonds is 3. The molecule has 0 heterocycles. The highest BCUT2D eigenvalue weighted by Crippen LogP contribution is 2.40. The fraction of sp³-hybridized carbons (Fsp3) is 0.600. The minimum absolute atomic E-state index is 0.136. The van der Waals surface area contributed by atoms with Crippen molar-refractivity contribution < 1.29 is 4.39 Å². The maximum Gasteiger partial charge on any atom is 0.123 e. The maximum atomic E-state index is 13.0. The van der Waals surface area contributed by atoms with E-state index in [1.54, 1.807) is 12.1 Å². The first-order valence-corrected chi connectivity index (χ1v) is 6.60. The SMILES string of the molecule is CNCC1CCC(C)CC1c1ccc(F)cc1. The van der Waals surface area contributed by atoms with Gasteiger partial charge >= 0.3 is 0 Å². The molecular weight excluding hydrogens is 213 g/mol. The normalized spacial score (nSPS) is 29.2. The Hall–Kier alpha value is -0.890. The lowest BCUT2D eigenvalue weighted by Crippen LogP contribution is -2.29. The Morgan fingerprint density at radius 2 is 1.94 bits per heavy atom. The van der Waals surface area contributed by atoms with Gasteiger partial charge in [0.15, 0.2) is 0 Å². The van der Waals surface area contributed by atoms with Crippen LogP contribution in [-0.4, -0.2) is 13.6 Å². The van der Waals surface area contributed by atoms with Gasteiger partial charge in [-0.25, -0.2) is 4.39 Å². The van der Waals surface area contributed by atoms with Crippen LogP contribution in [0.25, 0.3) is 0 Å². The smallest absolute Gasteiger partial charge is 0.123 e. The van der Waals surface area contributed by atoms with E-state index in [0.717, 1.165) is 12.5 Å². The van der Waals surface area contributed by atoms with Gasteiger partial charge in [0.1, 0.15) is 5.82 Å². The molecule has 0 aromatic heterocycles. The zero-order valence-electron chi connectivity index (χ0n) is 10.7. The summed E-state index contributed by atoms with van der Waals surface area (Å²) < 4.78 is 13.0. The van der Waals surface area contributed by atoms with Crippen LogP contribution in [0.5, 0.6) is 0 Å². The molecule has 1 N–H and O–H groups in total. The minimum Gasteiger partial charge on any atom is -0.319 e. The summed E-state index contributed by atoms with van der Waals surface area (Å²) in [5.41, 5.74) is 1.30. The van der Waals surface area contributed by atoms with Crippen LogP contribution in [0, 0.1) is 17.7 Å². The maximum absolute atomic E-state index is 13.0. The Balaban J connectivity index is 2.16. The van der Waals surface area contributed by atoms with Crippen LogP contribution in [0.3, 0.4) is 0 Å². The second kappa shape index (κ2) is 5.63. The molecule has 3 unspecified atom stereocenters. The van der Waals surface area contributed by atoms with Gasteiger partial charge in [0.25, 0.3) is 0 Å². The van der Waals surface area contributed by atoms with Crippen molar-refractivity contribution in [3.05, 3.63) is 35.6 Å². The summed E-state index contributed by atoms with van der Waals surface area (Å²) in [6, 6.07) is 7.09. The van der Waals surface area contributed by atoms with Crippen LogP contribution in [0.15, 0.2) is 24.3 Å². The number of hydrogen-bond acceptors (Lipinski definition) is 1. The van der Waals surface area contributed by atoms with Gasteiger partial charge in [-0.15, -0.1) is 0 Å². The fourth-order valence-corrected chi connectivity index (χ4v) is 3.07. The second-order valence-electron chi connectivity index (χ2n) is 5.39. The van der Waals surface area contributed by atoms with E-state index in [-0.39, 0.29) is 5.82 Å². The summed E-state index contributed by atoms with van der Waals surface area (Å²) in [6.45, 7) is 3.39. The van der Waals surface area contributed by atoms with Crippen molar-refractivity contribution >= 4 is 0 Å². The van der Waals surface area contributed by atoms with E-state index in [4.69, 9.17) is 0 Å². The Labute approximate surface area is 103 Å². The largest absolute Gasteiger partial charge is 0.319 e. The van der Waals surface area contributed by atoms with Crippen molar-refractivity contribution in [2.75, 3.05) is 13.6 Å². The molecule has 0 amide bonds. The quantitative estimate of drug-likeness (QED) is 0.844. The lowest BCUT2D eigenvalue weighted by Gasteiger charge is -2.35. The Morgan fingerprint density at radius 1 is 1.24 bits per heavy atom. The van der Waals surface area contributed by atoms with Gasteiger partial charge in [-0.3, -0.25) is 0 Å². The van der Waals surface area contributed by atoms with Crippen LogP contribution in [0.2, 0.25) is 0 Å². The molecule has 1 nitrogen and oxygen atoms in total. The van der Waals surface area contributed by atoms with Gasteiger partial charge in [-0.1, -0.05) is 25.5 Å². The average Bonchev–Trinajstić information content (AvgIpc) is 2.33. The average molecular weight is 235 g/mol. The summed E-state index contributed by atoms with van der Waals surface area (Å²) in [4.78, 5) is 0. The van der Waals surface area contributed by atoms with Crippen molar-refractivity contribution in [3.8, 4) is 0 Å². The third-order valence-electron chi connectivity index (χ3n) is 4.02. The van der Waals surface area contributed by atoms with Gasteiger partial charge in [0, 0.05) is 0 Å². The second-order valence-corrected chi connectivity index (χ2v) is 5.39. The molecule has 17 heavy (non-hydrogen) atoms. The van der Waals surface area contributed by atoms with Crippen LogP contribution < -0.4 is 5.32 Å². The monoisotopic (exact) mass is 235 g/mol. The van der Waals surface area contributed by atoms with Crippen molar-refractivity contribution in [2.45, 2.75) is 32.1 Å². The molecule has 1 aromatic rings. The lowest BCUT2D eigenvalue weighted by atomic mass is 9.71. The predicted octanol–water partition coefficient (Wildman–Crippen LogP) is 3.56. The first-order chi connectivity index (χ1) is 8.20. The molecule has 0 saturated heterocycles. The van der Waals surface area contributed by atoms with Crippen molar-refractivity contribution in [3.63, 3.8) is 0 Å². The highest BCUT2D eigenvalue weighted by atomic mass is 19.1. The zero-order valence-corrected chi connectivity index (χ0v) is 10.7. The molecule has 1 fully saturated rings. The molecule has 0 radical (unpaired) electrons. The topological polar surface area (TPSA) is 12.0 Å². The Kier molecular flexibility index (Phi) is 4.16. The number of hydrogen-bond donors (Lipinski definition) is 1. The highest BCUT2D eigenvalue weighted by Gasteiger charge is 2.29. The molecule has 1 saturated carbocycles. The van der Waals surface area contributed by atoms with Crippen molar-refractivity contribution in [2.24, 2.45) is 11.8 Å². The van der Waals surface area contributed by atoms with Gasteiger partial charge < -0.3 is 5.32 Å². The standard InChI is InChI=1S/C15H22FN/c1-11-3-4-13(10-17-2)15(9-11)12-5-7-14(16)8-6-12/h5-8,11,13,15,17H,3-4,9-10H2,1-2H3. The molecule has 1 aromatic carbocycles.